The Morgan fingerprint density at radius 2 is 2.05 bits per heavy atom. The molecule has 1 saturated heterocycles. The number of aromatic nitrogens is 4. The molecule has 0 bridgehead atoms. The molecular weight excluding hydrogens is 490 g/mol. The molecule has 37 heavy (non-hydrogen) atoms. The SMILES string of the molecule is CN1CCN2NC(Nc3cc(-c4ccc(CNC(=O)c5cnn(C(C)(C)C)c5)c(Cl)c4)ncn3)C=C2C1. The molecule has 3 N–H and O–H groups in total. The van der Waals surface area contributed by atoms with E-state index in [2.05, 4.69) is 54.2 Å². The maximum absolute atomic E-state index is 12.6. The van der Waals surface area contributed by atoms with Gasteiger partial charge < -0.3 is 15.6 Å². The topological polar surface area (TPSA) is 103 Å². The molecule has 0 saturated carbocycles. The Morgan fingerprint density at radius 1 is 1.22 bits per heavy atom. The molecule has 1 atom stereocenters. The first-order valence-electron chi connectivity index (χ1n) is 12.3. The van der Waals surface area contributed by atoms with Gasteiger partial charge >= 0.3 is 0 Å². The van der Waals surface area contributed by atoms with Crippen LogP contribution in [0.2, 0.25) is 5.02 Å². The fourth-order valence-corrected chi connectivity index (χ4v) is 4.55. The number of fused-ring (bicyclic) bond motifs is 1. The summed E-state index contributed by atoms with van der Waals surface area (Å²) >= 11 is 6.58. The number of halogens is 1. The third-order valence-corrected chi connectivity index (χ3v) is 6.78. The summed E-state index contributed by atoms with van der Waals surface area (Å²) in [5, 5.41) is 13.4. The highest BCUT2D eigenvalue weighted by Crippen LogP contribution is 2.26. The number of carbonyl (C=O) groups is 1. The number of hydrogen-bond donors (Lipinski definition) is 3. The fraction of sp³-hybridized carbons (Fsp3) is 0.385. The first-order valence-corrected chi connectivity index (χ1v) is 12.7. The van der Waals surface area contributed by atoms with E-state index in [1.165, 1.54) is 5.70 Å². The molecule has 0 aliphatic carbocycles. The van der Waals surface area contributed by atoms with Crippen LogP contribution in [0.1, 0.15) is 36.7 Å². The third-order valence-electron chi connectivity index (χ3n) is 6.43. The van der Waals surface area contributed by atoms with Crippen molar-refractivity contribution in [1.29, 1.82) is 0 Å². The van der Waals surface area contributed by atoms with Crippen LogP contribution in [0.15, 0.2) is 54.8 Å². The van der Waals surface area contributed by atoms with Gasteiger partial charge in [-0.05, 0) is 45.5 Å². The minimum absolute atomic E-state index is 0.0330. The number of carbonyl (C=O) groups excluding carboxylic acids is 1. The second-order valence-corrected chi connectivity index (χ2v) is 10.8. The van der Waals surface area contributed by atoms with Crippen molar-refractivity contribution in [2.24, 2.45) is 0 Å². The fourth-order valence-electron chi connectivity index (χ4n) is 4.30. The van der Waals surface area contributed by atoms with Crippen molar-refractivity contribution in [3.05, 3.63) is 70.9 Å². The Kier molecular flexibility index (Phi) is 6.89. The molecular formula is C26H32ClN9O. The van der Waals surface area contributed by atoms with Gasteiger partial charge in [0.15, 0.2) is 0 Å². The minimum atomic E-state index is -0.194. The van der Waals surface area contributed by atoms with Crippen LogP contribution < -0.4 is 16.1 Å². The Labute approximate surface area is 221 Å². The second-order valence-electron chi connectivity index (χ2n) is 10.4. The number of rotatable bonds is 6. The Hall–Kier alpha value is -3.47. The molecule has 1 fully saturated rings. The zero-order valence-electron chi connectivity index (χ0n) is 21.5. The predicted octanol–water partition coefficient (Wildman–Crippen LogP) is 3.07. The standard InChI is InChI=1S/C26H32ClN9O/c1-26(2,3)36-14-19(13-31-36)25(37)28-12-18-6-5-17(9-21(18)27)22-11-23(30-16-29-22)32-24-10-20-15-34(4)7-8-35(20)33-24/h5-6,9-11,13-14,16,24,33H,7-8,12,15H2,1-4H3,(H,28,37)(H,29,30,32). The van der Waals surface area contributed by atoms with Gasteiger partial charge in [0.05, 0.1) is 23.0 Å². The molecule has 10 nitrogen and oxygen atoms in total. The molecule has 1 amide bonds. The lowest BCUT2D eigenvalue weighted by atomic mass is 10.1. The average Bonchev–Trinajstić information content (AvgIpc) is 3.50. The van der Waals surface area contributed by atoms with E-state index in [1.54, 1.807) is 23.4 Å². The summed E-state index contributed by atoms with van der Waals surface area (Å²) in [5.74, 6) is 0.524. The number of hydrazine groups is 1. The zero-order valence-corrected chi connectivity index (χ0v) is 22.3. The molecule has 11 heteroatoms. The van der Waals surface area contributed by atoms with Crippen molar-refractivity contribution in [3.63, 3.8) is 0 Å². The van der Waals surface area contributed by atoms with Crippen molar-refractivity contribution in [3.8, 4) is 11.3 Å². The minimum Gasteiger partial charge on any atom is -0.350 e. The zero-order chi connectivity index (χ0) is 26.2. The highest BCUT2D eigenvalue weighted by Gasteiger charge is 2.27. The molecule has 0 spiro atoms. The van der Waals surface area contributed by atoms with Gasteiger partial charge in [0, 0.05) is 54.7 Å². The van der Waals surface area contributed by atoms with Crippen molar-refractivity contribution < 1.29 is 4.79 Å². The van der Waals surface area contributed by atoms with E-state index < -0.39 is 0 Å². The maximum Gasteiger partial charge on any atom is 0.254 e. The highest BCUT2D eigenvalue weighted by molar-refractivity contribution is 6.31. The Balaban J connectivity index is 1.22. The number of nitrogens with zero attached hydrogens (tertiary/aromatic N) is 6. The van der Waals surface area contributed by atoms with E-state index in [-0.39, 0.29) is 17.6 Å². The number of benzene rings is 1. The van der Waals surface area contributed by atoms with Gasteiger partial charge in [0.1, 0.15) is 18.3 Å². The molecule has 2 aromatic heterocycles. The molecule has 0 radical (unpaired) electrons. The third kappa shape index (κ3) is 5.76. The largest absolute Gasteiger partial charge is 0.350 e. The Morgan fingerprint density at radius 3 is 2.81 bits per heavy atom. The number of nitrogens with one attached hydrogen (secondary N) is 3. The number of anilines is 1. The second kappa shape index (κ2) is 10.1. The van der Waals surface area contributed by atoms with Crippen molar-refractivity contribution in [2.75, 3.05) is 32.0 Å². The quantitative estimate of drug-likeness (QED) is 0.455. The van der Waals surface area contributed by atoms with E-state index in [0.29, 0.717) is 17.1 Å². The normalized spacial score (nSPS) is 17.9. The molecule has 1 unspecified atom stereocenters. The number of likely N-dealkylation sites (N-methyl/N-ethyl adjacent to an activating group) is 1. The smallest absolute Gasteiger partial charge is 0.254 e. The van der Waals surface area contributed by atoms with E-state index in [9.17, 15) is 4.79 Å². The molecule has 2 aliphatic rings. The van der Waals surface area contributed by atoms with Crippen LogP contribution in [0.4, 0.5) is 5.82 Å². The van der Waals surface area contributed by atoms with Gasteiger partial charge in [-0.1, -0.05) is 23.7 Å². The lowest BCUT2D eigenvalue weighted by Gasteiger charge is -2.33. The number of piperazine rings is 1. The van der Waals surface area contributed by atoms with Crippen LogP contribution in [0.25, 0.3) is 11.3 Å². The monoisotopic (exact) mass is 521 g/mol. The van der Waals surface area contributed by atoms with E-state index in [4.69, 9.17) is 11.6 Å². The average molecular weight is 522 g/mol. The van der Waals surface area contributed by atoms with E-state index in [0.717, 1.165) is 42.3 Å². The summed E-state index contributed by atoms with van der Waals surface area (Å²) < 4.78 is 1.78. The Bertz CT molecular complexity index is 1330. The lowest BCUT2D eigenvalue weighted by molar-refractivity contribution is 0.0950. The van der Waals surface area contributed by atoms with Crippen LogP contribution in [0.3, 0.4) is 0 Å². The van der Waals surface area contributed by atoms with Crippen LogP contribution in [-0.2, 0) is 12.1 Å². The van der Waals surface area contributed by atoms with Gasteiger partial charge in [0.25, 0.3) is 5.91 Å². The summed E-state index contributed by atoms with van der Waals surface area (Å²) in [6.07, 6.45) is 7.02. The van der Waals surface area contributed by atoms with Crippen molar-refractivity contribution in [2.45, 2.75) is 39.0 Å². The molecule has 4 heterocycles. The highest BCUT2D eigenvalue weighted by atomic mass is 35.5. The van der Waals surface area contributed by atoms with Gasteiger partial charge in [-0.3, -0.25) is 14.4 Å². The summed E-state index contributed by atoms with van der Waals surface area (Å²) in [4.78, 5) is 23.7. The summed E-state index contributed by atoms with van der Waals surface area (Å²) in [7, 11) is 2.13. The molecule has 1 aromatic carbocycles. The van der Waals surface area contributed by atoms with Crippen molar-refractivity contribution >= 4 is 23.3 Å². The van der Waals surface area contributed by atoms with Crippen LogP contribution in [-0.4, -0.2) is 68.4 Å². The molecule has 194 valence electrons. The van der Waals surface area contributed by atoms with Gasteiger partial charge in [-0.15, -0.1) is 0 Å². The van der Waals surface area contributed by atoms with E-state index in [1.807, 2.05) is 45.0 Å². The maximum atomic E-state index is 12.6. The van der Waals surface area contributed by atoms with Crippen LogP contribution in [0, 0.1) is 0 Å². The predicted molar refractivity (Wildman–Crippen MR) is 144 cm³/mol. The first-order chi connectivity index (χ1) is 17.7. The number of hydrogen-bond acceptors (Lipinski definition) is 8. The molecule has 5 rings (SSSR count). The van der Waals surface area contributed by atoms with Crippen LogP contribution in [0.5, 0.6) is 0 Å². The number of amides is 1. The van der Waals surface area contributed by atoms with Crippen molar-refractivity contribution in [1.82, 2.24) is 40.4 Å². The summed E-state index contributed by atoms with van der Waals surface area (Å²) in [5.41, 5.74) is 7.49. The van der Waals surface area contributed by atoms with Crippen LogP contribution >= 0.6 is 11.6 Å². The van der Waals surface area contributed by atoms with Gasteiger partial charge in [0.2, 0.25) is 0 Å². The molecule has 2 aliphatic heterocycles. The van der Waals surface area contributed by atoms with E-state index >= 15 is 0 Å². The van der Waals surface area contributed by atoms with Gasteiger partial charge in [-0.2, -0.15) is 5.10 Å². The lowest BCUT2D eigenvalue weighted by Crippen LogP contribution is -2.48. The first kappa shape index (κ1) is 25.2. The summed E-state index contributed by atoms with van der Waals surface area (Å²) in [6.45, 7) is 9.30. The van der Waals surface area contributed by atoms with Gasteiger partial charge in [-0.25, -0.2) is 15.4 Å². The summed E-state index contributed by atoms with van der Waals surface area (Å²) in [6, 6.07) is 7.62. The molecule has 3 aromatic rings.